The number of anilines is 4. The van der Waals surface area contributed by atoms with Crippen LogP contribution >= 0.6 is 0 Å². The zero-order chi connectivity index (χ0) is 17.6. The van der Waals surface area contributed by atoms with Crippen LogP contribution < -0.4 is 10.2 Å². The Kier molecular flexibility index (Phi) is 5.23. The number of hydrogen-bond donors (Lipinski definition) is 1. The molecule has 0 aliphatic rings. The van der Waals surface area contributed by atoms with E-state index < -0.39 is 0 Å². The number of hydrogen-bond acceptors (Lipinski definition) is 5. The van der Waals surface area contributed by atoms with Gasteiger partial charge in [-0.1, -0.05) is 31.2 Å². The predicted molar refractivity (Wildman–Crippen MR) is 103 cm³/mol. The minimum absolute atomic E-state index is 0.493. The summed E-state index contributed by atoms with van der Waals surface area (Å²) < 4.78 is 0. The van der Waals surface area contributed by atoms with Gasteiger partial charge >= 0.3 is 0 Å². The highest BCUT2D eigenvalue weighted by Crippen LogP contribution is 2.24. The molecule has 3 rings (SSSR count). The zero-order valence-corrected chi connectivity index (χ0v) is 14.9. The van der Waals surface area contributed by atoms with Crippen LogP contribution in [0.25, 0.3) is 0 Å². The molecule has 1 heterocycles. The van der Waals surface area contributed by atoms with Crippen molar-refractivity contribution >= 4 is 23.1 Å². The molecule has 0 aliphatic heterocycles. The van der Waals surface area contributed by atoms with Crippen LogP contribution in [-0.4, -0.2) is 21.7 Å². The molecule has 0 unspecified atom stereocenters. The van der Waals surface area contributed by atoms with E-state index >= 15 is 0 Å². The Morgan fingerprint density at radius 3 is 2.52 bits per heavy atom. The molecule has 0 amide bonds. The second-order valence-corrected chi connectivity index (χ2v) is 5.90. The average molecular weight is 333 g/mol. The van der Waals surface area contributed by atoms with E-state index in [9.17, 15) is 0 Å². The summed E-state index contributed by atoms with van der Waals surface area (Å²) >= 11 is 0. The van der Waals surface area contributed by atoms with Crippen molar-refractivity contribution in [3.63, 3.8) is 0 Å². The first-order chi connectivity index (χ1) is 12.2. The zero-order valence-electron chi connectivity index (χ0n) is 14.9. The van der Waals surface area contributed by atoms with Gasteiger partial charge in [0, 0.05) is 17.9 Å². The van der Waals surface area contributed by atoms with E-state index in [1.807, 2.05) is 12.1 Å². The smallest absolute Gasteiger partial charge is 0.249 e. The highest BCUT2D eigenvalue weighted by atomic mass is 15.3. The van der Waals surface area contributed by atoms with Crippen molar-refractivity contribution in [2.75, 3.05) is 16.8 Å². The molecule has 0 radical (unpaired) electrons. The fourth-order valence-corrected chi connectivity index (χ4v) is 2.70. The Morgan fingerprint density at radius 1 is 1.04 bits per heavy atom. The maximum Gasteiger partial charge on any atom is 0.249 e. The molecule has 0 bridgehead atoms. The number of aryl methyl sites for hydroxylation is 2. The number of aromatic nitrogens is 3. The molecule has 1 aromatic heterocycles. The molecule has 1 N–H and O–H groups in total. The van der Waals surface area contributed by atoms with Crippen LogP contribution in [0.4, 0.5) is 23.1 Å². The highest BCUT2D eigenvalue weighted by Gasteiger charge is 2.11. The lowest BCUT2D eigenvalue weighted by Gasteiger charge is -2.22. The summed E-state index contributed by atoms with van der Waals surface area (Å²) in [5, 5.41) is 11.4. The molecule has 0 spiro atoms. The third kappa shape index (κ3) is 4.12. The van der Waals surface area contributed by atoms with Crippen LogP contribution in [0.1, 0.15) is 25.0 Å². The molecule has 0 saturated heterocycles. The van der Waals surface area contributed by atoms with Gasteiger partial charge in [-0.3, -0.25) is 0 Å². The van der Waals surface area contributed by atoms with E-state index in [0.717, 1.165) is 30.2 Å². The van der Waals surface area contributed by atoms with Gasteiger partial charge in [-0.15, -0.1) is 5.10 Å². The van der Waals surface area contributed by atoms with Crippen LogP contribution in [0, 0.1) is 6.92 Å². The van der Waals surface area contributed by atoms with Crippen molar-refractivity contribution in [1.29, 1.82) is 0 Å². The van der Waals surface area contributed by atoms with Crippen LogP contribution in [0.5, 0.6) is 0 Å². The van der Waals surface area contributed by atoms with Crippen molar-refractivity contribution in [2.45, 2.75) is 27.2 Å². The molecule has 2 aromatic carbocycles. The second kappa shape index (κ2) is 7.75. The Hall–Kier alpha value is -2.95. The van der Waals surface area contributed by atoms with Gasteiger partial charge in [-0.25, -0.2) is 0 Å². The fraction of sp³-hybridized carbons (Fsp3) is 0.250. The van der Waals surface area contributed by atoms with Crippen molar-refractivity contribution in [3.8, 4) is 0 Å². The Labute approximate surface area is 148 Å². The molecule has 5 nitrogen and oxygen atoms in total. The third-order valence-corrected chi connectivity index (χ3v) is 4.07. The van der Waals surface area contributed by atoms with E-state index in [0.29, 0.717) is 5.95 Å². The number of benzene rings is 2. The largest absolute Gasteiger partial charge is 0.325 e. The van der Waals surface area contributed by atoms with Gasteiger partial charge in [0.1, 0.15) is 0 Å². The van der Waals surface area contributed by atoms with Crippen LogP contribution in [0.15, 0.2) is 54.7 Å². The first-order valence-electron chi connectivity index (χ1n) is 8.59. The molecule has 3 aromatic rings. The summed E-state index contributed by atoms with van der Waals surface area (Å²) in [5.74, 6) is 1.27. The third-order valence-electron chi connectivity index (χ3n) is 4.07. The van der Waals surface area contributed by atoms with Gasteiger partial charge in [0.2, 0.25) is 5.95 Å². The summed E-state index contributed by atoms with van der Waals surface area (Å²) in [6, 6.07) is 16.6. The normalized spacial score (nSPS) is 10.5. The molecule has 128 valence electrons. The minimum Gasteiger partial charge on any atom is -0.325 e. The summed E-state index contributed by atoms with van der Waals surface area (Å²) in [7, 11) is 0. The van der Waals surface area contributed by atoms with E-state index in [4.69, 9.17) is 0 Å². The first kappa shape index (κ1) is 16.9. The van der Waals surface area contributed by atoms with E-state index in [-0.39, 0.29) is 0 Å². The first-order valence-corrected chi connectivity index (χ1v) is 8.59. The van der Waals surface area contributed by atoms with Gasteiger partial charge in [-0.05, 0) is 55.7 Å². The lowest BCUT2D eigenvalue weighted by atomic mass is 10.1. The van der Waals surface area contributed by atoms with Crippen LogP contribution in [-0.2, 0) is 6.42 Å². The molecule has 25 heavy (non-hydrogen) atoms. The van der Waals surface area contributed by atoms with Gasteiger partial charge in [0.05, 0.1) is 6.20 Å². The standard InChI is InChI=1S/C20H23N5/c1-4-16-9-11-17(12-10-16)22-20-23-19(14-21-24-20)25(5-2)18-8-6-7-15(3)13-18/h6-14H,4-5H2,1-3H3,(H,22,23,24). The van der Waals surface area contributed by atoms with E-state index in [1.165, 1.54) is 11.1 Å². The lowest BCUT2D eigenvalue weighted by molar-refractivity contribution is 0.921. The van der Waals surface area contributed by atoms with Crippen LogP contribution in [0.3, 0.4) is 0 Å². The summed E-state index contributed by atoms with van der Waals surface area (Å²) in [4.78, 5) is 6.75. The topological polar surface area (TPSA) is 53.9 Å². The molecule has 5 heteroatoms. The van der Waals surface area contributed by atoms with E-state index in [2.05, 4.69) is 82.6 Å². The Balaban J connectivity index is 1.84. The number of nitrogens with one attached hydrogen (secondary N) is 1. The summed E-state index contributed by atoms with van der Waals surface area (Å²) in [5.41, 5.74) is 4.57. The van der Waals surface area contributed by atoms with Gasteiger partial charge in [0.25, 0.3) is 0 Å². The molecular weight excluding hydrogens is 310 g/mol. The SMILES string of the molecule is CCc1ccc(Nc2nncc(N(CC)c3cccc(C)c3)n2)cc1. The van der Waals surface area contributed by atoms with Gasteiger partial charge in [-0.2, -0.15) is 10.1 Å². The molecule has 0 saturated carbocycles. The fourth-order valence-electron chi connectivity index (χ4n) is 2.70. The molecule has 0 fully saturated rings. The van der Waals surface area contributed by atoms with E-state index in [1.54, 1.807) is 6.20 Å². The predicted octanol–water partition coefficient (Wildman–Crippen LogP) is 4.64. The summed E-state index contributed by atoms with van der Waals surface area (Å²) in [6.45, 7) is 7.12. The van der Waals surface area contributed by atoms with Crippen molar-refractivity contribution in [2.24, 2.45) is 0 Å². The van der Waals surface area contributed by atoms with Gasteiger partial charge < -0.3 is 10.2 Å². The monoisotopic (exact) mass is 333 g/mol. The highest BCUT2D eigenvalue weighted by molar-refractivity contribution is 5.62. The quantitative estimate of drug-likeness (QED) is 0.712. The Morgan fingerprint density at radius 2 is 1.84 bits per heavy atom. The lowest BCUT2D eigenvalue weighted by Crippen LogP contribution is -2.18. The van der Waals surface area contributed by atoms with Crippen molar-refractivity contribution in [3.05, 3.63) is 65.9 Å². The summed E-state index contributed by atoms with van der Waals surface area (Å²) in [6.07, 6.45) is 2.72. The average Bonchev–Trinajstić information content (AvgIpc) is 2.63. The van der Waals surface area contributed by atoms with Crippen molar-refractivity contribution < 1.29 is 0 Å². The molecular formula is C20H23N5. The maximum absolute atomic E-state index is 4.63. The van der Waals surface area contributed by atoms with Gasteiger partial charge in [0.15, 0.2) is 5.82 Å². The minimum atomic E-state index is 0.493. The second-order valence-electron chi connectivity index (χ2n) is 5.90. The van der Waals surface area contributed by atoms with Crippen molar-refractivity contribution in [1.82, 2.24) is 15.2 Å². The molecule has 0 atom stereocenters. The molecule has 0 aliphatic carbocycles. The van der Waals surface area contributed by atoms with Crippen LogP contribution in [0.2, 0.25) is 0 Å². The number of nitrogens with zero attached hydrogens (tertiary/aromatic N) is 4. The maximum atomic E-state index is 4.63. The Bertz CT molecular complexity index is 829. The number of rotatable bonds is 6.